The summed E-state index contributed by atoms with van der Waals surface area (Å²) in [5.41, 5.74) is 5.32. The predicted octanol–water partition coefficient (Wildman–Crippen LogP) is 4.54. The summed E-state index contributed by atoms with van der Waals surface area (Å²) in [4.78, 5) is 17.0. The van der Waals surface area contributed by atoms with Crippen LogP contribution in [0.4, 0.5) is 4.39 Å². The Labute approximate surface area is 215 Å². The van der Waals surface area contributed by atoms with Crippen LogP contribution in [0.3, 0.4) is 0 Å². The number of ether oxygens (including phenoxy) is 4. The lowest BCUT2D eigenvalue weighted by Crippen LogP contribution is -2.38. The summed E-state index contributed by atoms with van der Waals surface area (Å²) in [5, 5.41) is 2.95. The van der Waals surface area contributed by atoms with Crippen LogP contribution in [0, 0.1) is 5.82 Å². The van der Waals surface area contributed by atoms with E-state index >= 15 is 0 Å². The van der Waals surface area contributed by atoms with Crippen molar-refractivity contribution < 1.29 is 28.1 Å². The van der Waals surface area contributed by atoms with E-state index in [0.29, 0.717) is 31.3 Å². The first-order chi connectivity index (χ1) is 17.9. The topological polar surface area (TPSA) is 78.9 Å². The van der Waals surface area contributed by atoms with Crippen molar-refractivity contribution in [2.75, 3.05) is 27.4 Å². The summed E-state index contributed by atoms with van der Waals surface area (Å²) >= 11 is 0. The molecule has 0 radical (unpaired) electrons. The number of amides is 1. The third kappa shape index (κ3) is 4.70. The third-order valence-electron chi connectivity index (χ3n) is 6.92. The van der Waals surface area contributed by atoms with Crippen LogP contribution in [-0.4, -0.2) is 44.1 Å². The van der Waals surface area contributed by atoms with Crippen LogP contribution in [0.5, 0.6) is 0 Å². The fraction of sp³-hybridized carbons (Fsp3) is 0.310. The van der Waals surface area contributed by atoms with Gasteiger partial charge in [-0.25, -0.2) is 4.39 Å². The average molecular weight is 505 g/mol. The van der Waals surface area contributed by atoms with Gasteiger partial charge in [0.1, 0.15) is 5.82 Å². The number of benzene rings is 1. The van der Waals surface area contributed by atoms with Crippen molar-refractivity contribution in [3.05, 3.63) is 106 Å². The van der Waals surface area contributed by atoms with Crippen molar-refractivity contribution in [1.29, 1.82) is 0 Å². The quantitative estimate of drug-likeness (QED) is 0.597. The van der Waals surface area contributed by atoms with Gasteiger partial charge in [-0.3, -0.25) is 9.78 Å². The summed E-state index contributed by atoms with van der Waals surface area (Å²) in [5.74, 6) is -0.916. The van der Waals surface area contributed by atoms with Crippen LogP contribution < -0.4 is 5.32 Å². The largest absolute Gasteiger partial charge is 0.495 e. The molecule has 7 nitrogen and oxygen atoms in total. The van der Waals surface area contributed by atoms with E-state index in [4.69, 9.17) is 18.9 Å². The van der Waals surface area contributed by atoms with Gasteiger partial charge >= 0.3 is 0 Å². The Morgan fingerprint density at radius 1 is 1.19 bits per heavy atom. The Bertz CT molecular complexity index is 1300. The number of halogens is 1. The van der Waals surface area contributed by atoms with E-state index in [9.17, 15) is 9.18 Å². The molecular weight excluding hydrogens is 475 g/mol. The summed E-state index contributed by atoms with van der Waals surface area (Å²) in [6.45, 7) is 3.22. The molecule has 1 spiro atoms. The molecule has 2 aliphatic carbocycles. The normalized spacial score (nSPS) is 19.9. The van der Waals surface area contributed by atoms with Crippen LogP contribution in [0.2, 0.25) is 0 Å². The SMILES string of the molecule is COC1=CC(=CC2=C(C)C(CC(=O)NCc3cccnc3)c3cc(F)ccc32)C=C(OC)C12OCCO2. The third-order valence-corrected chi connectivity index (χ3v) is 6.92. The number of nitrogens with zero attached hydrogens (tertiary/aromatic N) is 1. The van der Waals surface area contributed by atoms with Crippen LogP contribution in [0.15, 0.2) is 83.6 Å². The maximum atomic E-state index is 14.3. The highest BCUT2D eigenvalue weighted by Gasteiger charge is 2.49. The molecule has 192 valence electrons. The van der Waals surface area contributed by atoms with Crippen LogP contribution in [0.25, 0.3) is 5.57 Å². The minimum absolute atomic E-state index is 0.115. The number of aromatic nitrogens is 1. The second-order valence-corrected chi connectivity index (χ2v) is 9.11. The molecule has 5 rings (SSSR count). The number of carbonyl (C=O) groups excluding carboxylic acids is 1. The molecule has 1 aromatic carbocycles. The molecule has 2 aromatic rings. The van der Waals surface area contributed by atoms with E-state index in [-0.39, 0.29) is 24.1 Å². The first-order valence-corrected chi connectivity index (χ1v) is 12.1. The van der Waals surface area contributed by atoms with Gasteiger partial charge in [-0.1, -0.05) is 17.7 Å². The highest BCUT2D eigenvalue weighted by atomic mass is 19.1. The lowest BCUT2D eigenvalue weighted by molar-refractivity contribution is -0.150. The highest BCUT2D eigenvalue weighted by Crippen LogP contribution is 2.46. The van der Waals surface area contributed by atoms with E-state index in [2.05, 4.69) is 10.3 Å². The van der Waals surface area contributed by atoms with Gasteiger partial charge in [-0.2, -0.15) is 0 Å². The van der Waals surface area contributed by atoms with Crippen LogP contribution in [0.1, 0.15) is 36.0 Å². The number of carbonyl (C=O) groups is 1. The molecule has 3 aliphatic rings. The molecule has 1 aromatic heterocycles. The summed E-state index contributed by atoms with van der Waals surface area (Å²) in [7, 11) is 3.13. The van der Waals surface area contributed by atoms with Crippen molar-refractivity contribution in [2.45, 2.75) is 31.6 Å². The van der Waals surface area contributed by atoms with Gasteiger partial charge in [0.25, 0.3) is 5.79 Å². The van der Waals surface area contributed by atoms with Gasteiger partial charge in [0, 0.05) is 31.3 Å². The number of nitrogens with one attached hydrogen (secondary N) is 1. The minimum atomic E-state index is -1.18. The molecule has 2 heterocycles. The minimum Gasteiger partial charge on any atom is -0.495 e. The van der Waals surface area contributed by atoms with Gasteiger partial charge in [0.2, 0.25) is 5.91 Å². The van der Waals surface area contributed by atoms with Gasteiger partial charge < -0.3 is 24.3 Å². The Morgan fingerprint density at radius 2 is 1.92 bits per heavy atom. The highest BCUT2D eigenvalue weighted by molar-refractivity contribution is 5.88. The van der Waals surface area contributed by atoms with E-state index in [1.165, 1.54) is 12.1 Å². The molecule has 1 N–H and O–H groups in total. The Morgan fingerprint density at radius 3 is 2.57 bits per heavy atom. The zero-order chi connectivity index (χ0) is 26.0. The van der Waals surface area contributed by atoms with Crippen molar-refractivity contribution in [3.63, 3.8) is 0 Å². The summed E-state index contributed by atoms with van der Waals surface area (Å²) < 4.78 is 37.3. The fourth-order valence-corrected chi connectivity index (χ4v) is 5.11. The lowest BCUT2D eigenvalue weighted by atomic mass is 9.92. The van der Waals surface area contributed by atoms with Gasteiger partial charge in [0.05, 0.1) is 27.4 Å². The Balaban J connectivity index is 1.46. The van der Waals surface area contributed by atoms with Crippen LogP contribution >= 0.6 is 0 Å². The van der Waals surface area contributed by atoms with E-state index in [1.54, 1.807) is 32.7 Å². The molecule has 0 saturated carbocycles. The van der Waals surface area contributed by atoms with Gasteiger partial charge in [-0.05, 0) is 71.2 Å². The number of pyridine rings is 1. The average Bonchev–Trinajstić information content (AvgIpc) is 3.49. The molecule has 37 heavy (non-hydrogen) atoms. The number of hydrogen-bond donors (Lipinski definition) is 1. The van der Waals surface area contributed by atoms with Crippen molar-refractivity contribution in [2.24, 2.45) is 0 Å². The maximum Gasteiger partial charge on any atom is 0.288 e. The zero-order valence-electron chi connectivity index (χ0n) is 21.0. The predicted molar refractivity (Wildman–Crippen MR) is 135 cm³/mol. The second kappa shape index (κ2) is 10.3. The zero-order valence-corrected chi connectivity index (χ0v) is 21.0. The Hall–Kier alpha value is -3.75. The molecule has 1 atom stereocenters. The molecular formula is C29H29FN2O5. The smallest absolute Gasteiger partial charge is 0.288 e. The summed E-state index contributed by atoms with van der Waals surface area (Å²) in [6, 6.07) is 8.46. The number of methoxy groups -OCH3 is 2. The molecule has 1 saturated heterocycles. The van der Waals surface area contributed by atoms with E-state index in [0.717, 1.165) is 33.4 Å². The molecule has 1 fully saturated rings. The second-order valence-electron chi connectivity index (χ2n) is 9.11. The lowest BCUT2D eigenvalue weighted by Gasteiger charge is -2.32. The molecule has 0 bridgehead atoms. The molecule has 1 unspecified atom stereocenters. The molecule has 1 amide bonds. The maximum absolute atomic E-state index is 14.3. The van der Waals surface area contributed by atoms with Crippen molar-refractivity contribution >= 4 is 11.5 Å². The molecule has 8 heteroatoms. The summed E-state index contributed by atoms with van der Waals surface area (Å²) in [6.07, 6.45) is 9.32. The standard InChI is InChI=1S/C29H29FN2O5/c1-18-23(11-20-12-26(34-2)29(27(13-20)35-3)36-9-10-37-29)22-7-6-21(30)14-25(22)24(18)15-28(33)32-17-19-5-4-8-31-16-19/h4-8,11-14,16,24H,9-10,15,17H2,1-3H3,(H,32,33). The molecule has 1 aliphatic heterocycles. The number of hydrogen-bond acceptors (Lipinski definition) is 6. The number of fused-ring (bicyclic) bond motifs is 1. The fourth-order valence-electron chi connectivity index (χ4n) is 5.11. The van der Waals surface area contributed by atoms with Crippen molar-refractivity contribution in [3.8, 4) is 0 Å². The number of rotatable bonds is 7. The first-order valence-electron chi connectivity index (χ1n) is 12.1. The Kier molecular flexibility index (Phi) is 6.95. The van der Waals surface area contributed by atoms with E-state index < -0.39 is 5.79 Å². The van der Waals surface area contributed by atoms with Crippen molar-refractivity contribution in [1.82, 2.24) is 10.3 Å². The number of allylic oxidation sites excluding steroid dienone is 6. The monoisotopic (exact) mass is 504 g/mol. The van der Waals surface area contributed by atoms with Crippen LogP contribution in [-0.2, 0) is 30.3 Å². The first kappa shape index (κ1) is 24.9. The van der Waals surface area contributed by atoms with Gasteiger partial charge in [0.15, 0.2) is 11.5 Å². The van der Waals surface area contributed by atoms with E-state index in [1.807, 2.05) is 37.3 Å². The van der Waals surface area contributed by atoms with Gasteiger partial charge in [-0.15, -0.1) is 0 Å².